The molecule has 1 atom stereocenters. The van der Waals surface area contributed by atoms with E-state index in [-0.39, 0.29) is 12.6 Å². The molecular formula is C20H34N4O4. The molecule has 1 aliphatic heterocycles. The molecule has 8 heteroatoms. The van der Waals surface area contributed by atoms with E-state index in [0.717, 1.165) is 25.2 Å². The zero-order valence-electron chi connectivity index (χ0n) is 17.4. The summed E-state index contributed by atoms with van der Waals surface area (Å²) < 4.78 is 11.3. The highest BCUT2D eigenvalue weighted by Gasteiger charge is 2.20. The number of primary amides is 1. The molecule has 8 nitrogen and oxygen atoms in total. The summed E-state index contributed by atoms with van der Waals surface area (Å²) in [6.07, 6.45) is -0.571. The van der Waals surface area contributed by atoms with Gasteiger partial charge < -0.3 is 30.1 Å². The molecule has 0 bridgehead atoms. The number of methoxy groups -OCH3 is 1. The number of benzene rings is 1. The van der Waals surface area contributed by atoms with Gasteiger partial charge in [0.2, 0.25) is 0 Å². The van der Waals surface area contributed by atoms with Crippen molar-refractivity contribution in [3.63, 3.8) is 0 Å². The quantitative estimate of drug-likeness (QED) is 0.649. The highest BCUT2D eigenvalue weighted by Crippen LogP contribution is 2.29. The van der Waals surface area contributed by atoms with Gasteiger partial charge >= 0.3 is 6.03 Å². The minimum atomic E-state index is -0.571. The van der Waals surface area contributed by atoms with Crippen LogP contribution in [0.1, 0.15) is 19.4 Å². The zero-order chi connectivity index (χ0) is 20.7. The number of likely N-dealkylation sites (N-methyl/N-ethyl adjacent to an activating group) is 1. The van der Waals surface area contributed by atoms with Gasteiger partial charge in [-0.15, -0.1) is 0 Å². The summed E-state index contributed by atoms with van der Waals surface area (Å²) in [5.41, 5.74) is 6.44. The molecule has 28 heavy (non-hydrogen) atoms. The van der Waals surface area contributed by atoms with E-state index in [9.17, 15) is 9.90 Å². The second-order valence-electron chi connectivity index (χ2n) is 7.58. The van der Waals surface area contributed by atoms with Gasteiger partial charge in [-0.05, 0) is 38.6 Å². The fourth-order valence-electron chi connectivity index (χ4n) is 3.10. The van der Waals surface area contributed by atoms with Gasteiger partial charge in [-0.2, -0.15) is 0 Å². The van der Waals surface area contributed by atoms with E-state index < -0.39 is 6.10 Å². The predicted octanol–water partition coefficient (Wildman–Crippen LogP) is 0.971. The Hall–Kier alpha value is -2.03. The first-order valence-corrected chi connectivity index (χ1v) is 9.75. The number of hydrogen-bond donors (Lipinski definition) is 2. The van der Waals surface area contributed by atoms with E-state index in [4.69, 9.17) is 15.2 Å². The van der Waals surface area contributed by atoms with Crippen LogP contribution in [0.4, 0.5) is 4.79 Å². The third-order valence-electron chi connectivity index (χ3n) is 5.13. The maximum atomic E-state index is 11.2. The van der Waals surface area contributed by atoms with E-state index in [1.165, 1.54) is 0 Å². The average Bonchev–Trinajstić information content (AvgIpc) is 2.67. The Morgan fingerprint density at radius 2 is 1.93 bits per heavy atom. The minimum absolute atomic E-state index is 0.210. The summed E-state index contributed by atoms with van der Waals surface area (Å²) in [5, 5.41) is 10.2. The normalized spacial score (nSPS) is 16.5. The topological polar surface area (TPSA) is 91.5 Å². The lowest BCUT2D eigenvalue weighted by molar-refractivity contribution is 0.0668. The van der Waals surface area contributed by atoms with Crippen molar-refractivity contribution in [1.29, 1.82) is 0 Å². The van der Waals surface area contributed by atoms with Gasteiger partial charge in [-0.1, -0.05) is 6.07 Å². The minimum Gasteiger partial charge on any atom is -0.493 e. The van der Waals surface area contributed by atoms with Crippen LogP contribution < -0.4 is 15.2 Å². The number of rotatable bonds is 9. The fourth-order valence-corrected chi connectivity index (χ4v) is 3.10. The molecule has 3 N–H and O–H groups in total. The van der Waals surface area contributed by atoms with Crippen LogP contribution in [0, 0.1) is 0 Å². The van der Waals surface area contributed by atoms with Gasteiger partial charge in [0, 0.05) is 45.3 Å². The molecule has 1 aromatic carbocycles. The molecule has 0 aromatic heterocycles. The largest absolute Gasteiger partial charge is 0.493 e. The number of hydrogen-bond acceptors (Lipinski definition) is 6. The van der Waals surface area contributed by atoms with E-state index in [1.54, 1.807) is 12.0 Å². The Balaban J connectivity index is 1.88. The van der Waals surface area contributed by atoms with Gasteiger partial charge in [0.05, 0.1) is 7.11 Å². The van der Waals surface area contributed by atoms with Crippen LogP contribution in [0.5, 0.6) is 11.5 Å². The second kappa shape index (κ2) is 10.5. The molecule has 1 heterocycles. The number of urea groups is 1. The third kappa shape index (κ3) is 6.54. The fraction of sp³-hybridized carbons (Fsp3) is 0.650. The van der Waals surface area contributed by atoms with Crippen molar-refractivity contribution >= 4 is 6.03 Å². The number of piperazine rings is 1. The van der Waals surface area contributed by atoms with Crippen LogP contribution in [-0.4, -0.2) is 91.5 Å². The monoisotopic (exact) mass is 394 g/mol. The third-order valence-corrected chi connectivity index (χ3v) is 5.13. The van der Waals surface area contributed by atoms with E-state index in [0.29, 0.717) is 37.2 Å². The first-order valence-electron chi connectivity index (χ1n) is 9.75. The summed E-state index contributed by atoms with van der Waals surface area (Å²) in [6, 6.07) is 5.86. The van der Waals surface area contributed by atoms with Crippen LogP contribution in [0.2, 0.25) is 0 Å². The average molecular weight is 395 g/mol. The first kappa shape index (κ1) is 22.3. The van der Waals surface area contributed by atoms with E-state index >= 15 is 0 Å². The van der Waals surface area contributed by atoms with Crippen LogP contribution in [0.15, 0.2) is 18.2 Å². The van der Waals surface area contributed by atoms with Gasteiger partial charge in [0.15, 0.2) is 11.5 Å². The number of amides is 2. The van der Waals surface area contributed by atoms with Crippen molar-refractivity contribution in [3.05, 3.63) is 23.8 Å². The van der Waals surface area contributed by atoms with Crippen molar-refractivity contribution in [1.82, 2.24) is 14.7 Å². The van der Waals surface area contributed by atoms with Gasteiger partial charge in [-0.25, -0.2) is 4.79 Å². The lowest BCUT2D eigenvalue weighted by atomic mass is 10.1. The summed E-state index contributed by atoms with van der Waals surface area (Å²) in [4.78, 5) is 17.2. The maximum Gasteiger partial charge on any atom is 0.314 e. The van der Waals surface area contributed by atoms with E-state index in [2.05, 4.69) is 23.6 Å². The van der Waals surface area contributed by atoms with Gasteiger partial charge in [0.25, 0.3) is 0 Å². The van der Waals surface area contributed by atoms with Gasteiger partial charge in [0.1, 0.15) is 12.7 Å². The molecule has 0 saturated carbocycles. The Labute approximate surface area is 167 Å². The molecule has 2 amide bonds. The Morgan fingerprint density at radius 3 is 2.50 bits per heavy atom. The van der Waals surface area contributed by atoms with Gasteiger partial charge in [-0.3, -0.25) is 4.90 Å². The molecule has 0 unspecified atom stereocenters. The number of carbonyl (C=O) groups is 1. The highest BCUT2D eigenvalue weighted by atomic mass is 16.5. The van der Waals surface area contributed by atoms with Crippen molar-refractivity contribution in [2.75, 3.05) is 53.5 Å². The summed E-state index contributed by atoms with van der Waals surface area (Å²) in [5.74, 6) is 1.27. The van der Waals surface area contributed by atoms with Crippen molar-refractivity contribution in [2.24, 2.45) is 5.73 Å². The molecule has 0 radical (unpaired) electrons. The standard InChI is InChI=1S/C20H34N4O4/c1-15(2)22(3)13-17(25)14-28-18-6-5-16(11-19(18)27-4)12-23-7-9-24(10-8-23)20(21)26/h5-6,11,15,17,25H,7-10,12-14H2,1-4H3,(H2,21,26)/t17-/m0/s1. The summed E-state index contributed by atoms with van der Waals surface area (Å²) in [6.45, 7) is 8.58. The number of nitrogens with two attached hydrogens (primary N) is 1. The van der Waals surface area contributed by atoms with Crippen LogP contribution >= 0.6 is 0 Å². The second-order valence-corrected chi connectivity index (χ2v) is 7.58. The molecule has 1 saturated heterocycles. The molecule has 1 fully saturated rings. The van der Waals surface area contributed by atoms with E-state index in [1.807, 2.05) is 25.2 Å². The van der Waals surface area contributed by atoms with Crippen LogP contribution in [0.3, 0.4) is 0 Å². The molecule has 1 aliphatic rings. The molecule has 158 valence electrons. The molecule has 2 rings (SSSR count). The Bertz CT molecular complexity index is 633. The first-order chi connectivity index (χ1) is 13.3. The number of nitrogens with zero attached hydrogens (tertiary/aromatic N) is 3. The van der Waals surface area contributed by atoms with Crippen LogP contribution in [-0.2, 0) is 6.54 Å². The molecule has 1 aromatic rings. The Kier molecular flexibility index (Phi) is 8.35. The molecular weight excluding hydrogens is 360 g/mol. The SMILES string of the molecule is COc1cc(CN2CCN(C(N)=O)CC2)ccc1OC[C@@H](O)CN(C)C(C)C. The molecule has 0 spiro atoms. The highest BCUT2D eigenvalue weighted by molar-refractivity contribution is 5.72. The summed E-state index contributed by atoms with van der Waals surface area (Å²) >= 11 is 0. The zero-order valence-corrected chi connectivity index (χ0v) is 17.4. The van der Waals surface area contributed by atoms with Crippen molar-refractivity contribution in [3.8, 4) is 11.5 Å². The molecule has 0 aliphatic carbocycles. The number of ether oxygens (including phenoxy) is 2. The lowest BCUT2D eigenvalue weighted by Gasteiger charge is -2.33. The smallest absolute Gasteiger partial charge is 0.314 e. The lowest BCUT2D eigenvalue weighted by Crippen LogP contribution is -2.50. The Morgan fingerprint density at radius 1 is 1.25 bits per heavy atom. The number of aliphatic hydroxyl groups is 1. The van der Waals surface area contributed by atoms with Crippen molar-refractivity contribution < 1.29 is 19.4 Å². The summed E-state index contributed by atoms with van der Waals surface area (Å²) in [7, 11) is 3.59. The predicted molar refractivity (Wildman–Crippen MR) is 109 cm³/mol. The maximum absolute atomic E-state index is 11.2. The number of carbonyl (C=O) groups excluding carboxylic acids is 1. The van der Waals surface area contributed by atoms with Crippen LogP contribution in [0.25, 0.3) is 0 Å². The number of aliphatic hydroxyl groups excluding tert-OH is 1. The van der Waals surface area contributed by atoms with Crippen molar-refractivity contribution in [2.45, 2.75) is 32.5 Å².